The second-order valence-corrected chi connectivity index (χ2v) is 4.64. The zero-order valence-electron chi connectivity index (χ0n) is 11.2. The van der Waals surface area contributed by atoms with Crippen molar-refractivity contribution in [1.82, 2.24) is 10.2 Å². The Morgan fingerprint density at radius 2 is 2.16 bits per heavy atom. The molecule has 7 nitrogen and oxygen atoms in total. The van der Waals surface area contributed by atoms with E-state index in [0.29, 0.717) is 6.54 Å². The van der Waals surface area contributed by atoms with Gasteiger partial charge in [-0.15, -0.1) is 0 Å². The molecule has 2 amide bonds. The number of methoxy groups -OCH3 is 1. The van der Waals surface area contributed by atoms with Crippen molar-refractivity contribution in [2.24, 2.45) is 0 Å². The van der Waals surface area contributed by atoms with Gasteiger partial charge in [-0.25, -0.2) is 9.59 Å². The van der Waals surface area contributed by atoms with Crippen molar-refractivity contribution in [3.63, 3.8) is 0 Å². The molecule has 0 aromatic carbocycles. The van der Waals surface area contributed by atoms with E-state index in [1.54, 1.807) is 4.90 Å². The van der Waals surface area contributed by atoms with Crippen LogP contribution in [0.5, 0.6) is 0 Å². The maximum Gasteiger partial charge on any atom is 0.326 e. The molecule has 1 fully saturated rings. The Morgan fingerprint density at radius 1 is 1.47 bits per heavy atom. The van der Waals surface area contributed by atoms with Gasteiger partial charge in [0.2, 0.25) is 0 Å². The Labute approximate surface area is 111 Å². The third-order valence-corrected chi connectivity index (χ3v) is 3.27. The molecule has 108 valence electrons. The summed E-state index contributed by atoms with van der Waals surface area (Å²) in [6, 6.07) is -1.34. The number of likely N-dealkylation sites (tertiary alicyclic amines) is 1. The zero-order chi connectivity index (χ0) is 14.4. The van der Waals surface area contributed by atoms with E-state index < -0.39 is 18.0 Å². The summed E-state index contributed by atoms with van der Waals surface area (Å²) in [5.74, 6) is -1.64. The Bertz CT molecular complexity index is 358. The fourth-order valence-corrected chi connectivity index (χ4v) is 2.09. The molecule has 0 saturated carbocycles. The molecule has 2 N–H and O–H groups in total. The predicted octanol–water partition coefficient (Wildman–Crippen LogP) is 0.587. The van der Waals surface area contributed by atoms with Crippen molar-refractivity contribution in [1.29, 1.82) is 0 Å². The van der Waals surface area contributed by atoms with Gasteiger partial charge in [0.05, 0.1) is 7.11 Å². The molecule has 7 heteroatoms. The summed E-state index contributed by atoms with van der Waals surface area (Å²) in [6.45, 7) is 2.56. The van der Waals surface area contributed by atoms with Crippen molar-refractivity contribution in [3.05, 3.63) is 0 Å². The fourth-order valence-electron chi connectivity index (χ4n) is 2.09. The maximum absolute atomic E-state index is 11.9. The lowest BCUT2D eigenvalue weighted by atomic mass is 10.1. The van der Waals surface area contributed by atoms with Gasteiger partial charge in [0, 0.05) is 19.0 Å². The van der Waals surface area contributed by atoms with Crippen LogP contribution in [0, 0.1) is 0 Å². The Kier molecular flexibility index (Phi) is 5.59. The van der Waals surface area contributed by atoms with Crippen molar-refractivity contribution >= 4 is 18.0 Å². The van der Waals surface area contributed by atoms with Gasteiger partial charge in [-0.05, 0) is 26.2 Å². The highest BCUT2D eigenvalue weighted by molar-refractivity contribution is 5.83. The molecule has 1 rings (SSSR count). The van der Waals surface area contributed by atoms with Crippen LogP contribution < -0.4 is 5.32 Å². The number of carboxylic acids is 1. The van der Waals surface area contributed by atoms with E-state index >= 15 is 0 Å². The molecular formula is C12H20N2O5. The Morgan fingerprint density at radius 3 is 2.63 bits per heavy atom. The van der Waals surface area contributed by atoms with Crippen LogP contribution in [0.3, 0.4) is 0 Å². The summed E-state index contributed by atoms with van der Waals surface area (Å²) >= 11 is 0. The van der Waals surface area contributed by atoms with Gasteiger partial charge in [0.1, 0.15) is 6.04 Å². The number of esters is 1. The molecule has 1 aliphatic heterocycles. The van der Waals surface area contributed by atoms with Gasteiger partial charge in [-0.3, -0.25) is 4.79 Å². The molecule has 2 atom stereocenters. The number of hydrogen-bond donors (Lipinski definition) is 2. The molecule has 0 aromatic rings. The summed E-state index contributed by atoms with van der Waals surface area (Å²) in [7, 11) is 1.24. The average molecular weight is 272 g/mol. The first kappa shape index (κ1) is 15.3. The monoisotopic (exact) mass is 272 g/mol. The number of ether oxygens (including phenoxy) is 1. The molecule has 1 aliphatic rings. The number of rotatable bonds is 5. The second-order valence-electron chi connectivity index (χ2n) is 4.64. The number of carbonyl (C=O) groups excluding carboxylic acids is 2. The minimum atomic E-state index is -1.15. The average Bonchev–Trinajstić information content (AvgIpc) is 2.79. The van der Waals surface area contributed by atoms with E-state index in [4.69, 9.17) is 5.11 Å². The fraction of sp³-hybridized carbons (Fsp3) is 0.750. The van der Waals surface area contributed by atoms with Gasteiger partial charge in [-0.1, -0.05) is 0 Å². The van der Waals surface area contributed by atoms with Gasteiger partial charge >= 0.3 is 18.0 Å². The third-order valence-electron chi connectivity index (χ3n) is 3.27. The van der Waals surface area contributed by atoms with Crippen LogP contribution in [0.1, 0.15) is 32.6 Å². The number of nitrogens with zero attached hydrogens (tertiary/aromatic N) is 1. The van der Waals surface area contributed by atoms with Crippen LogP contribution in [-0.4, -0.2) is 53.7 Å². The standard InChI is InChI=1S/C12H20N2O5/c1-8-4-3-7-14(8)12(18)13-9(11(16)17)5-6-10(15)19-2/h8-9H,3-7H2,1-2H3,(H,13,18)(H,16,17)/t8?,9-/m0/s1. The van der Waals surface area contributed by atoms with E-state index in [-0.39, 0.29) is 24.9 Å². The number of urea groups is 1. The highest BCUT2D eigenvalue weighted by Gasteiger charge is 2.28. The van der Waals surface area contributed by atoms with Crippen molar-refractivity contribution in [3.8, 4) is 0 Å². The smallest absolute Gasteiger partial charge is 0.326 e. The van der Waals surface area contributed by atoms with Crippen molar-refractivity contribution in [2.75, 3.05) is 13.7 Å². The minimum Gasteiger partial charge on any atom is -0.480 e. The lowest BCUT2D eigenvalue weighted by Crippen LogP contribution is -2.49. The van der Waals surface area contributed by atoms with E-state index in [9.17, 15) is 14.4 Å². The normalized spacial score (nSPS) is 19.9. The summed E-state index contributed by atoms with van der Waals surface area (Å²) in [6.07, 6.45) is 1.83. The quantitative estimate of drug-likeness (QED) is 0.714. The molecule has 19 heavy (non-hydrogen) atoms. The largest absolute Gasteiger partial charge is 0.480 e. The first-order valence-corrected chi connectivity index (χ1v) is 6.32. The number of hydrogen-bond acceptors (Lipinski definition) is 4. The number of carboxylic acid groups (broad SMARTS) is 1. The first-order valence-electron chi connectivity index (χ1n) is 6.32. The zero-order valence-corrected chi connectivity index (χ0v) is 11.2. The summed E-state index contributed by atoms with van der Waals surface area (Å²) in [4.78, 5) is 35.6. The third kappa shape index (κ3) is 4.42. The van der Waals surface area contributed by atoms with Crippen LogP contribution in [0.4, 0.5) is 4.79 Å². The van der Waals surface area contributed by atoms with Crippen molar-refractivity contribution in [2.45, 2.75) is 44.7 Å². The molecule has 0 aliphatic carbocycles. The molecule has 1 saturated heterocycles. The van der Waals surface area contributed by atoms with E-state index in [1.807, 2.05) is 6.92 Å². The van der Waals surface area contributed by atoms with Gasteiger partial charge in [-0.2, -0.15) is 0 Å². The molecule has 1 unspecified atom stereocenters. The topological polar surface area (TPSA) is 95.9 Å². The van der Waals surface area contributed by atoms with E-state index in [1.165, 1.54) is 7.11 Å². The number of nitrogens with one attached hydrogen (secondary N) is 1. The number of carbonyl (C=O) groups is 3. The number of amides is 2. The second kappa shape index (κ2) is 6.96. The van der Waals surface area contributed by atoms with Crippen LogP contribution in [0.25, 0.3) is 0 Å². The maximum atomic E-state index is 11.9. The first-order chi connectivity index (χ1) is 8.95. The molecular weight excluding hydrogens is 252 g/mol. The van der Waals surface area contributed by atoms with E-state index in [0.717, 1.165) is 12.8 Å². The van der Waals surface area contributed by atoms with Gasteiger partial charge in [0.15, 0.2) is 0 Å². The molecule has 0 aromatic heterocycles. The Hall–Kier alpha value is -1.79. The van der Waals surface area contributed by atoms with Crippen LogP contribution in [0.15, 0.2) is 0 Å². The summed E-state index contributed by atoms with van der Waals surface area (Å²) in [5, 5.41) is 11.5. The number of aliphatic carboxylic acids is 1. The Balaban J connectivity index is 2.51. The predicted molar refractivity (Wildman–Crippen MR) is 66.6 cm³/mol. The minimum absolute atomic E-state index is 0.0238. The highest BCUT2D eigenvalue weighted by atomic mass is 16.5. The summed E-state index contributed by atoms with van der Waals surface area (Å²) in [5.41, 5.74) is 0. The van der Waals surface area contributed by atoms with Crippen LogP contribution in [0.2, 0.25) is 0 Å². The van der Waals surface area contributed by atoms with E-state index in [2.05, 4.69) is 10.1 Å². The molecule has 1 heterocycles. The molecule has 0 spiro atoms. The molecule has 0 radical (unpaired) electrons. The van der Waals surface area contributed by atoms with Gasteiger partial charge < -0.3 is 20.1 Å². The van der Waals surface area contributed by atoms with Crippen molar-refractivity contribution < 1.29 is 24.2 Å². The van der Waals surface area contributed by atoms with Crippen LogP contribution >= 0.6 is 0 Å². The molecule has 0 bridgehead atoms. The highest BCUT2D eigenvalue weighted by Crippen LogP contribution is 2.16. The lowest BCUT2D eigenvalue weighted by molar-refractivity contribution is -0.142. The summed E-state index contributed by atoms with van der Waals surface area (Å²) < 4.78 is 4.45. The lowest BCUT2D eigenvalue weighted by Gasteiger charge is -2.24. The van der Waals surface area contributed by atoms with Crippen LogP contribution in [-0.2, 0) is 14.3 Å². The van der Waals surface area contributed by atoms with Gasteiger partial charge in [0.25, 0.3) is 0 Å². The SMILES string of the molecule is COC(=O)CC[C@H](NC(=O)N1CCCC1C)C(=O)O.